The number of ether oxygens (including phenoxy) is 1. The summed E-state index contributed by atoms with van der Waals surface area (Å²) in [7, 11) is 0. The van der Waals surface area contributed by atoms with Crippen molar-refractivity contribution in [3.05, 3.63) is 29.8 Å². The van der Waals surface area contributed by atoms with Gasteiger partial charge in [-0.3, -0.25) is 4.79 Å². The molecule has 0 saturated heterocycles. The van der Waals surface area contributed by atoms with Crippen LogP contribution in [0.15, 0.2) is 24.3 Å². The molecule has 1 rings (SSSR count). The summed E-state index contributed by atoms with van der Waals surface area (Å²) in [5, 5.41) is 0. The topological polar surface area (TPSA) is 26.3 Å². The van der Waals surface area contributed by atoms with Crippen molar-refractivity contribution in [3.63, 3.8) is 0 Å². The summed E-state index contributed by atoms with van der Waals surface area (Å²) in [6.45, 7) is 5.70. The van der Waals surface area contributed by atoms with Gasteiger partial charge in [0.25, 0.3) is 0 Å². The molecule has 1 aromatic rings. The van der Waals surface area contributed by atoms with E-state index in [9.17, 15) is 4.79 Å². The van der Waals surface area contributed by atoms with E-state index in [1.54, 1.807) is 0 Å². The van der Waals surface area contributed by atoms with Crippen LogP contribution in [-0.4, -0.2) is 5.97 Å². The van der Waals surface area contributed by atoms with Gasteiger partial charge in [0.1, 0.15) is 5.75 Å². The number of carbonyl (C=O) groups is 1. The molecule has 76 valence electrons. The Labute approximate surface area is 84.9 Å². The van der Waals surface area contributed by atoms with Gasteiger partial charge in [0.15, 0.2) is 0 Å². The number of para-hydroxylation sites is 1. The molecule has 2 nitrogen and oxygen atoms in total. The lowest BCUT2D eigenvalue weighted by Gasteiger charge is -2.09. The lowest BCUT2D eigenvalue weighted by atomic mass is 10.1. The molecule has 0 aliphatic heterocycles. The summed E-state index contributed by atoms with van der Waals surface area (Å²) in [4.78, 5) is 11.4. The van der Waals surface area contributed by atoms with Crippen LogP contribution in [0.5, 0.6) is 5.75 Å². The first-order valence-corrected chi connectivity index (χ1v) is 4.94. The predicted molar refractivity (Wildman–Crippen MR) is 56.3 cm³/mol. The van der Waals surface area contributed by atoms with Crippen molar-refractivity contribution in [1.82, 2.24) is 0 Å². The van der Waals surface area contributed by atoms with E-state index in [4.69, 9.17) is 4.74 Å². The minimum absolute atomic E-state index is 0.0834. The highest BCUT2D eigenvalue weighted by Crippen LogP contribution is 2.19. The predicted octanol–water partition coefficient (Wildman–Crippen LogP) is 2.81. The van der Waals surface area contributed by atoms with Gasteiger partial charge in [-0.05, 0) is 18.1 Å². The fraction of sp³-hybridized carbons (Fsp3) is 0.417. The lowest BCUT2D eigenvalue weighted by Crippen LogP contribution is -2.15. The summed E-state index contributed by atoms with van der Waals surface area (Å²) in [5.74, 6) is 0.430. The van der Waals surface area contributed by atoms with Gasteiger partial charge in [0.2, 0.25) is 0 Å². The zero-order chi connectivity index (χ0) is 10.6. The Kier molecular flexibility index (Phi) is 3.69. The normalized spacial score (nSPS) is 10.3. The molecule has 0 heterocycles. The number of hydrogen-bond acceptors (Lipinski definition) is 2. The van der Waals surface area contributed by atoms with Crippen LogP contribution in [0.2, 0.25) is 0 Å². The van der Waals surface area contributed by atoms with Crippen molar-refractivity contribution in [1.29, 1.82) is 0 Å². The zero-order valence-electron chi connectivity index (χ0n) is 8.91. The number of carbonyl (C=O) groups excluding carboxylic acids is 1. The molecule has 0 N–H and O–H groups in total. The van der Waals surface area contributed by atoms with Gasteiger partial charge in [0, 0.05) is 0 Å². The third-order valence-electron chi connectivity index (χ3n) is 2.04. The Balaban J connectivity index is 2.80. The summed E-state index contributed by atoms with van der Waals surface area (Å²) >= 11 is 0. The maximum Gasteiger partial charge on any atom is 0.313 e. The minimum Gasteiger partial charge on any atom is -0.426 e. The van der Waals surface area contributed by atoms with Gasteiger partial charge in [-0.2, -0.15) is 0 Å². The molecule has 0 aliphatic carbocycles. The fourth-order valence-electron chi connectivity index (χ4n) is 1.12. The third-order valence-corrected chi connectivity index (χ3v) is 2.04. The standard InChI is InChI=1S/C12H16O2/c1-4-10-7-5-6-8-11(10)14-12(13)9(2)3/h5-9H,4H2,1-3H3. The Bertz CT molecular complexity index is 316. The van der Waals surface area contributed by atoms with Crippen molar-refractivity contribution in [2.24, 2.45) is 5.92 Å². The van der Waals surface area contributed by atoms with Crippen molar-refractivity contribution in [2.75, 3.05) is 0 Å². The lowest BCUT2D eigenvalue weighted by molar-refractivity contribution is -0.137. The van der Waals surface area contributed by atoms with Crippen LogP contribution in [0.1, 0.15) is 26.3 Å². The van der Waals surface area contributed by atoms with Crippen molar-refractivity contribution in [3.8, 4) is 5.75 Å². The van der Waals surface area contributed by atoms with Crippen LogP contribution in [0, 0.1) is 5.92 Å². The van der Waals surface area contributed by atoms with E-state index in [2.05, 4.69) is 0 Å². The monoisotopic (exact) mass is 192 g/mol. The van der Waals surface area contributed by atoms with Crippen LogP contribution < -0.4 is 4.74 Å². The molecule has 2 heteroatoms. The minimum atomic E-state index is -0.175. The van der Waals surface area contributed by atoms with Gasteiger partial charge in [-0.15, -0.1) is 0 Å². The number of hydrogen-bond donors (Lipinski definition) is 0. The van der Waals surface area contributed by atoms with Crippen LogP contribution in [-0.2, 0) is 11.2 Å². The molecule has 0 bridgehead atoms. The second-order valence-electron chi connectivity index (χ2n) is 3.54. The van der Waals surface area contributed by atoms with Gasteiger partial charge in [-0.1, -0.05) is 39.0 Å². The average molecular weight is 192 g/mol. The molecule has 14 heavy (non-hydrogen) atoms. The van der Waals surface area contributed by atoms with E-state index in [0.29, 0.717) is 5.75 Å². The van der Waals surface area contributed by atoms with Crippen molar-refractivity contribution < 1.29 is 9.53 Å². The first-order chi connectivity index (χ1) is 6.65. The number of benzene rings is 1. The molecule has 0 spiro atoms. The van der Waals surface area contributed by atoms with Crippen molar-refractivity contribution in [2.45, 2.75) is 27.2 Å². The van der Waals surface area contributed by atoms with E-state index in [0.717, 1.165) is 12.0 Å². The molecule has 0 saturated carbocycles. The van der Waals surface area contributed by atoms with Gasteiger partial charge in [0.05, 0.1) is 5.92 Å². The SMILES string of the molecule is CCc1ccccc1OC(=O)C(C)C. The molecule has 0 atom stereocenters. The van der Waals surface area contributed by atoms with E-state index in [-0.39, 0.29) is 11.9 Å². The molecule has 0 aliphatic rings. The number of aryl methyl sites for hydroxylation is 1. The van der Waals surface area contributed by atoms with E-state index in [1.165, 1.54) is 0 Å². The molecule has 0 amide bonds. The largest absolute Gasteiger partial charge is 0.426 e. The first kappa shape index (κ1) is 10.8. The summed E-state index contributed by atoms with van der Waals surface area (Å²) < 4.78 is 5.26. The van der Waals surface area contributed by atoms with Gasteiger partial charge >= 0.3 is 5.97 Å². The molecule has 0 aromatic heterocycles. The van der Waals surface area contributed by atoms with Crippen LogP contribution in [0.4, 0.5) is 0 Å². The Hall–Kier alpha value is -1.31. The second kappa shape index (κ2) is 4.80. The maximum atomic E-state index is 11.4. The fourth-order valence-corrected chi connectivity index (χ4v) is 1.12. The van der Waals surface area contributed by atoms with Gasteiger partial charge in [-0.25, -0.2) is 0 Å². The molecule has 1 aromatic carbocycles. The summed E-state index contributed by atoms with van der Waals surface area (Å²) in [6, 6.07) is 7.63. The maximum absolute atomic E-state index is 11.4. The Morgan fingerprint density at radius 1 is 1.36 bits per heavy atom. The van der Waals surface area contributed by atoms with Crippen molar-refractivity contribution >= 4 is 5.97 Å². The van der Waals surface area contributed by atoms with Crippen LogP contribution in [0.25, 0.3) is 0 Å². The Morgan fingerprint density at radius 2 is 2.00 bits per heavy atom. The highest BCUT2D eigenvalue weighted by Gasteiger charge is 2.11. The van der Waals surface area contributed by atoms with Crippen LogP contribution in [0.3, 0.4) is 0 Å². The average Bonchev–Trinajstić information content (AvgIpc) is 2.18. The molecule has 0 unspecified atom stereocenters. The summed E-state index contributed by atoms with van der Waals surface area (Å²) in [6.07, 6.45) is 0.877. The zero-order valence-corrected chi connectivity index (χ0v) is 8.91. The Morgan fingerprint density at radius 3 is 2.57 bits per heavy atom. The molecular weight excluding hydrogens is 176 g/mol. The van der Waals surface area contributed by atoms with Crippen LogP contribution >= 0.6 is 0 Å². The van der Waals surface area contributed by atoms with E-state index in [1.807, 2.05) is 45.0 Å². The third kappa shape index (κ3) is 2.59. The first-order valence-electron chi connectivity index (χ1n) is 4.94. The quantitative estimate of drug-likeness (QED) is 0.543. The summed E-state index contributed by atoms with van der Waals surface area (Å²) in [5.41, 5.74) is 1.07. The molecule has 0 radical (unpaired) electrons. The molecular formula is C12H16O2. The van der Waals surface area contributed by atoms with E-state index >= 15 is 0 Å². The number of rotatable bonds is 3. The van der Waals surface area contributed by atoms with E-state index < -0.39 is 0 Å². The highest BCUT2D eigenvalue weighted by atomic mass is 16.5. The number of esters is 1. The highest BCUT2D eigenvalue weighted by molar-refractivity contribution is 5.74. The second-order valence-corrected chi connectivity index (χ2v) is 3.54. The molecule has 0 fully saturated rings. The van der Waals surface area contributed by atoms with Gasteiger partial charge < -0.3 is 4.74 Å². The smallest absolute Gasteiger partial charge is 0.313 e.